The summed E-state index contributed by atoms with van der Waals surface area (Å²) in [5, 5.41) is 20.0. The molecule has 2 aromatic rings. The molecule has 0 saturated carbocycles. The van der Waals surface area contributed by atoms with Crippen LogP contribution in [0.4, 0.5) is 0 Å². The SMILES string of the molecule is CC(=O)CCc1cc(O)c2c(c1)C(=O)c1cccc(O)c1C2=O. The largest absolute Gasteiger partial charge is 0.507 e. The van der Waals surface area contributed by atoms with Gasteiger partial charge in [-0.1, -0.05) is 12.1 Å². The third kappa shape index (κ3) is 2.40. The van der Waals surface area contributed by atoms with Gasteiger partial charge in [-0.25, -0.2) is 0 Å². The minimum Gasteiger partial charge on any atom is -0.507 e. The number of rotatable bonds is 3. The maximum atomic E-state index is 12.6. The van der Waals surface area contributed by atoms with Crippen molar-refractivity contribution in [2.75, 3.05) is 0 Å². The number of fused-ring (bicyclic) bond motifs is 2. The molecule has 0 spiro atoms. The molecule has 0 radical (unpaired) electrons. The predicted molar refractivity (Wildman–Crippen MR) is 82.1 cm³/mol. The van der Waals surface area contributed by atoms with Crippen LogP contribution in [-0.4, -0.2) is 27.6 Å². The molecular formula is C18H14O5. The zero-order chi connectivity index (χ0) is 16.7. The highest BCUT2D eigenvalue weighted by atomic mass is 16.3. The van der Waals surface area contributed by atoms with Crippen LogP contribution in [0, 0.1) is 0 Å². The Labute approximate surface area is 132 Å². The first-order chi connectivity index (χ1) is 10.9. The van der Waals surface area contributed by atoms with Crippen LogP contribution in [0.2, 0.25) is 0 Å². The third-order valence-electron chi connectivity index (χ3n) is 3.93. The number of carbonyl (C=O) groups is 3. The first-order valence-electron chi connectivity index (χ1n) is 7.17. The molecule has 2 aromatic carbocycles. The molecule has 0 fully saturated rings. The highest BCUT2D eigenvalue weighted by Crippen LogP contribution is 2.37. The average molecular weight is 310 g/mol. The quantitative estimate of drug-likeness (QED) is 0.775. The number of ketones is 3. The van der Waals surface area contributed by atoms with Crippen LogP contribution >= 0.6 is 0 Å². The number of hydrogen-bond donors (Lipinski definition) is 2. The Morgan fingerprint density at radius 2 is 1.65 bits per heavy atom. The summed E-state index contributed by atoms with van der Waals surface area (Å²) in [5.41, 5.74) is 0.644. The lowest BCUT2D eigenvalue weighted by molar-refractivity contribution is -0.116. The summed E-state index contributed by atoms with van der Waals surface area (Å²) in [4.78, 5) is 36.3. The van der Waals surface area contributed by atoms with E-state index in [1.165, 1.54) is 37.3 Å². The van der Waals surface area contributed by atoms with Crippen LogP contribution < -0.4 is 0 Å². The summed E-state index contributed by atoms with van der Waals surface area (Å²) in [6.45, 7) is 1.46. The molecule has 1 aliphatic carbocycles. The molecule has 0 amide bonds. The van der Waals surface area contributed by atoms with E-state index in [0.29, 0.717) is 12.0 Å². The number of phenolic OH excluding ortho intramolecular Hbond substituents is 2. The smallest absolute Gasteiger partial charge is 0.201 e. The van der Waals surface area contributed by atoms with Crippen molar-refractivity contribution in [1.82, 2.24) is 0 Å². The van der Waals surface area contributed by atoms with Crippen LogP contribution in [0.1, 0.15) is 50.8 Å². The van der Waals surface area contributed by atoms with Crippen LogP contribution in [0.25, 0.3) is 0 Å². The maximum absolute atomic E-state index is 12.6. The fourth-order valence-electron chi connectivity index (χ4n) is 2.81. The topological polar surface area (TPSA) is 91.7 Å². The summed E-state index contributed by atoms with van der Waals surface area (Å²) in [7, 11) is 0. The molecule has 0 saturated heterocycles. The first kappa shape index (κ1) is 15.0. The average Bonchev–Trinajstić information content (AvgIpc) is 2.49. The Morgan fingerprint density at radius 3 is 2.35 bits per heavy atom. The van der Waals surface area contributed by atoms with Gasteiger partial charge in [0.05, 0.1) is 11.1 Å². The fourth-order valence-corrected chi connectivity index (χ4v) is 2.81. The Kier molecular flexibility index (Phi) is 3.48. The lowest BCUT2D eigenvalue weighted by Gasteiger charge is -2.20. The second-order valence-corrected chi connectivity index (χ2v) is 5.60. The van der Waals surface area contributed by atoms with E-state index in [1.54, 1.807) is 0 Å². The van der Waals surface area contributed by atoms with Gasteiger partial charge in [-0.05, 0) is 37.1 Å². The van der Waals surface area contributed by atoms with Crippen LogP contribution in [0.3, 0.4) is 0 Å². The van der Waals surface area contributed by atoms with Gasteiger partial charge in [-0.3, -0.25) is 9.59 Å². The zero-order valence-corrected chi connectivity index (χ0v) is 12.4. The van der Waals surface area contributed by atoms with E-state index in [2.05, 4.69) is 0 Å². The number of Topliss-reactive ketones (excluding diaryl/α,β-unsaturated/α-hetero) is 1. The van der Waals surface area contributed by atoms with Gasteiger partial charge in [0.1, 0.15) is 17.3 Å². The molecule has 2 N–H and O–H groups in total. The van der Waals surface area contributed by atoms with Crippen molar-refractivity contribution in [2.45, 2.75) is 19.8 Å². The van der Waals surface area contributed by atoms with Crippen molar-refractivity contribution >= 4 is 17.3 Å². The summed E-state index contributed by atoms with van der Waals surface area (Å²) in [5.74, 6) is -1.60. The van der Waals surface area contributed by atoms with E-state index in [-0.39, 0.29) is 46.0 Å². The maximum Gasteiger partial charge on any atom is 0.201 e. The zero-order valence-electron chi connectivity index (χ0n) is 12.4. The predicted octanol–water partition coefficient (Wildman–Crippen LogP) is 2.39. The van der Waals surface area contributed by atoms with E-state index in [1.807, 2.05) is 0 Å². The number of phenols is 2. The van der Waals surface area contributed by atoms with Crippen molar-refractivity contribution in [1.29, 1.82) is 0 Å². The molecule has 116 valence electrons. The number of carbonyl (C=O) groups excluding carboxylic acids is 3. The van der Waals surface area contributed by atoms with E-state index in [0.717, 1.165) is 0 Å². The first-order valence-corrected chi connectivity index (χ1v) is 7.17. The molecule has 0 aliphatic heterocycles. The summed E-state index contributed by atoms with van der Waals surface area (Å²) >= 11 is 0. The van der Waals surface area contributed by atoms with E-state index >= 15 is 0 Å². The molecule has 23 heavy (non-hydrogen) atoms. The number of aromatic hydroxyl groups is 2. The third-order valence-corrected chi connectivity index (χ3v) is 3.93. The van der Waals surface area contributed by atoms with Crippen LogP contribution in [0.5, 0.6) is 11.5 Å². The van der Waals surface area contributed by atoms with Gasteiger partial charge >= 0.3 is 0 Å². The number of aryl methyl sites for hydroxylation is 1. The molecule has 3 rings (SSSR count). The lowest BCUT2D eigenvalue weighted by Crippen LogP contribution is -2.21. The van der Waals surface area contributed by atoms with E-state index in [4.69, 9.17) is 0 Å². The summed E-state index contributed by atoms with van der Waals surface area (Å²) < 4.78 is 0. The molecule has 0 atom stereocenters. The van der Waals surface area contributed by atoms with Crippen molar-refractivity contribution in [3.05, 3.63) is 58.1 Å². The molecule has 0 unspecified atom stereocenters. The molecule has 0 bridgehead atoms. The van der Waals surface area contributed by atoms with Gasteiger partial charge < -0.3 is 15.0 Å². The highest BCUT2D eigenvalue weighted by molar-refractivity contribution is 6.30. The summed E-state index contributed by atoms with van der Waals surface area (Å²) in [6.07, 6.45) is 0.669. The molecule has 1 aliphatic rings. The molecular weight excluding hydrogens is 296 g/mol. The Morgan fingerprint density at radius 1 is 0.957 bits per heavy atom. The van der Waals surface area contributed by atoms with E-state index < -0.39 is 11.6 Å². The second kappa shape index (κ2) is 5.35. The van der Waals surface area contributed by atoms with Gasteiger partial charge in [0.15, 0.2) is 5.78 Å². The Hall–Kier alpha value is -2.95. The van der Waals surface area contributed by atoms with Crippen molar-refractivity contribution in [3.8, 4) is 11.5 Å². The monoisotopic (exact) mass is 310 g/mol. The lowest BCUT2D eigenvalue weighted by atomic mass is 9.82. The van der Waals surface area contributed by atoms with Gasteiger partial charge in [0, 0.05) is 17.5 Å². The van der Waals surface area contributed by atoms with Gasteiger partial charge in [0.2, 0.25) is 5.78 Å². The van der Waals surface area contributed by atoms with Crippen LogP contribution in [0.15, 0.2) is 30.3 Å². The minimum absolute atomic E-state index is 0.000110. The normalized spacial score (nSPS) is 12.7. The molecule has 0 heterocycles. The van der Waals surface area contributed by atoms with Crippen molar-refractivity contribution < 1.29 is 24.6 Å². The standard InChI is InChI=1S/C18H14O5/c1-9(19)5-6-10-7-12-16(14(21)8-10)18(23)15-11(17(12)22)3-2-4-13(15)20/h2-4,7-8,20-21H,5-6H2,1H3. The number of benzene rings is 2. The molecule has 5 heteroatoms. The van der Waals surface area contributed by atoms with Gasteiger partial charge in [0.25, 0.3) is 0 Å². The van der Waals surface area contributed by atoms with Gasteiger partial charge in [-0.15, -0.1) is 0 Å². The van der Waals surface area contributed by atoms with Crippen molar-refractivity contribution in [2.24, 2.45) is 0 Å². The van der Waals surface area contributed by atoms with Crippen molar-refractivity contribution in [3.63, 3.8) is 0 Å². The molecule has 5 nitrogen and oxygen atoms in total. The molecule has 0 aromatic heterocycles. The fraction of sp³-hybridized carbons (Fsp3) is 0.167. The minimum atomic E-state index is -0.580. The van der Waals surface area contributed by atoms with Crippen LogP contribution in [-0.2, 0) is 11.2 Å². The Balaban J connectivity index is 2.15. The number of hydrogen-bond acceptors (Lipinski definition) is 5. The highest BCUT2D eigenvalue weighted by Gasteiger charge is 2.34. The van der Waals surface area contributed by atoms with Gasteiger partial charge in [-0.2, -0.15) is 0 Å². The second-order valence-electron chi connectivity index (χ2n) is 5.60. The summed E-state index contributed by atoms with van der Waals surface area (Å²) in [6, 6.07) is 7.21. The van der Waals surface area contributed by atoms with E-state index in [9.17, 15) is 24.6 Å². The Bertz CT molecular complexity index is 864.